The summed E-state index contributed by atoms with van der Waals surface area (Å²) in [5.74, 6) is 0. The second kappa shape index (κ2) is 9.80. The molecule has 1 N–H and O–H groups in total. The highest BCUT2D eigenvalue weighted by atomic mass is 15.1. The van der Waals surface area contributed by atoms with E-state index in [1.165, 1.54) is 38.6 Å². The second-order valence-electron chi connectivity index (χ2n) is 6.12. The molecule has 0 aromatic heterocycles. The van der Waals surface area contributed by atoms with Crippen molar-refractivity contribution >= 4 is 0 Å². The molecule has 110 valence electrons. The van der Waals surface area contributed by atoms with E-state index in [1.807, 2.05) is 0 Å². The normalized spacial score (nSPS) is 15.3. The van der Waals surface area contributed by atoms with Crippen LogP contribution in [0.5, 0.6) is 0 Å². The molecule has 18 heavy (non-hydrogen) atoms. The summed E-state index contributed by atoms with van der Waals surface area (Å²) in [5, 5.41) is 3.61. The van der Waals surface area contributed by atoms with E-state index in [0.29, 0.717) is 5.41 Å². The molecule has 0 aliphatic rings. The van der Waals surface area contributed by atoms with E-state index >= 15 is 0 Å². The molecule has 2 nitrogen and oxygen atoms in total. The van der Waals surface area contributed by atoms with Crippen LogP contribution in [0.4, 0.5) is 0 Å². The van der Waals surface area contributed by atoms with Gasteiger partial charge in [0, 0.05) is 19.1 Å². The van der Waals surface area contributed by atoms with Crippen molar-refractivity contribution in [3.8, 4) is 0 Å². The van der Waals surface area contributed by atoms with Gasteiger partial charge in [0.2, 0.25) is 0 Å². The van der Waals surface area contributed by atoms with Gasteiger partial charge in [0.1, 0.15) is 0 Å². The fourth-order valence-corrected chi connectivity index (χ4v) is 3.04. The van der Waals surface area contributed by atoms with Crippen LogP contribution in [-0.2, 0) is 0 Å². The number of nitrogens with one attached hydrogen (secondary N) is 1. The molecule has 0 saturated carbocycles. The molecule has 0 aromatic carbocycles. The predicted octanol–water partition coefficient (Wildman–Crippen LogP) is 3.91. The van der Waals surface area contributed by atoms with Crippen molar-refractivity contribution in [2.24, 2.45) is 5.41 Å². The molecule has 0 aliphatic carbocycles. The molecule has 0 amide bonds. The lowest BCUT2D eigenvalue weighted by atomic mass is 9.84. The van der Waals surface area contributed by atoms with Crippen LogP contribution in [0.15, 0.2) is 0 Å². The first-order valence-electron chi connectivity index (χ1n) is 7.93. The first-order chi connectivity index (χ1) is 8.52. The lowest BCUT2D eigenvalue weighted by Crippen LogP contribution is -2.44. The third-order valence-electron chi connectivity index (χ3n) is 4.03. The fourth-order valence-electron chi connectivity index (χ4n) is 3.04. The van der Waals surface area contributed by atoms with Crippen molar-refractivity contribution in [2.45, 2.75) is 72.8 Å². The molecule has 2 heteroatoms. The smallest absolute Gasteiger partial charge is 0.00872 e. The molecule has 0 spiro atoms. The highest BCUT2D eigenvalue weighted by Crippen LogP contribution is 2.25. The Morgan fingerprint density at radius 2 is 1.67 bits per heavy atom. The molecular weight excluding hydrogens is 220 g/mol. The Bertz CT molecular complexity index is 190. The maximum absolute atomic E-state index is 3.61. The SMILES string of the molecule is CCCNCC(C)(CCC)CN(C)C(CC)CC. The highest BCUT2D eigenvalue weighted by molar-refractivity contribution is 4.81. The first-order valence-corrected chi connectivity index (χ1v) is 7.93. The summed E-state index contributed by atoms with van der Waals surface area (Å²) in [6.45, 7) is 15.1. The molecule has 0 fully saturated rings. The number of hydrogen-bond acceptors (Lipinski definition) is 2. The van der Waals surface area contributed by atoms with Crippen molar-refractivity contribution in [3.05, 3.63) is 0 Å². The third kappa shape index (κ3) is 6.75. The summed E-state index contributed by atoms with van der Waals surface area (Å²) in [4.78, 5) is 2.57. The molecule has 0 bridgehead atoms. The summed E-state index contributed by atoms with van der Waals surface area (Å²) in [6.07, 6.45) is 6.34. The van der Waals surface area contributed by atoms with Crippen LogP contribution in [0.25, 0.3) is 0 Å². The van der Waals surface area contributed by atoms with Crippen molar-refractivity contribution in [2.75, 3.05) is 26.7 Å². The standard InChI is InChI=1S/C16H36N2/c1-7-11-16(5,13-17-12-8-2)14-18(6)15(9-3)10-4/h15,17H,7-14H2,1-6H3. The van der Waals surface area contributed by atoms with Gasteiger partial charge in [0.05, 0.1) is 0 Å². The molecule has 0 rings (SSSR count). The van der Waals surface area contributed by atoms with Crippen LogP contribution in [0.3, 0.4) is 0 Å². The van der Waals surface area contributed by atoms with Crippen molar-refractivity contribution < 1.29 is 0 Å². The molecule has 0 heterocycles. The topological polar surface area (TPSA) is 15.3 Å². The Morgan fingerprint density at radius 1 is 1.06 bits per heavy atom. The van der Waals surface area contributed by atoms with Crippen LogP contribution < -0.4 is 5.32 Å². The lowest BCUT2D eigenvalue weighted by molar-refractivity contribution is 0.130. The molecular formula is C16H36N2. The largest absolute Gasteiger partial charge is 0.316 e. The summed E-state index contributed by atoms with van der Waals surface area (Å²) in [7, 11) is 2.30. The molecule has 0 aromatic rings. The number of hydrogen-bond donors (Lipinski definition) is 1. The van der Waals surface area contributed by atoms with Crippen LogP contribution in [0.2, 0.25) is 0 Å². The van der Waals surface area contributed by atoms with Crippen LogP contribution in [0, 0.1) is 5.41 Å². The number of nitrogens with zero attached hydrogens (tertiary/aromatic N) is 1. The van der Waals surface area contributed by atoms with E-state index < -0.39 is 0 Å². The fraction of sp³-hybridized carbons (Fsp3) is 1.00. The Balaban J connectivity index is 4.38. The number of rotatable bonds is 11. The lowest BCUT2D eigenvalue weighted by Gasteiger charge is -2.37. The molecule has 0 saturated heterocycles. The average Bonchev–Trinajstić information content (AvgIpc) is 2.31. The van der Waals surface area contributed by atoms with Gasteiger partial charge >= 0.3 is 0 Å². The van der Waals surface area contributed by atoms with Crippen molar-refractivity contribution in [1.82, 2.24) is 10.2 Å². The van der Waals surface area contributed by atoms with Gasteiger partial charge in [-0.25, -0.2) is 0 Å². The van der Waals surface area contributed by atoms with Gasteiger partial charge in [-0.3, -0.25) is 0 Å². The third-order valence-corrected chi connectivity index (χ3v) is 4.03. The van der Waals surface area contributed by atoms with Crippen LogP contribution >= 0.6 is 0 Å². The average molecular weight is 256 g/mol. The van der Waals surface area contributed by atoms with Gasteiger partial charge < -0.3 is 10.2 Å². The highest BCUT2D eigenvalue weighted by Gasteiger charge is 2.26. The van der Waals surface area contributed by atoms with Gasteiger partial charge in [-0.05, 0) is 44.7 Å². The van der Waals surface area contributed by atoms with Gasteiger partial charge in [-0.1, -0.05) is 41.0 Å². The predicted molar refractivity (Wildman–Crippen MR) is 83.2 cm³/mol. The van der Waals surface area contributed by atoms with Crippen LogP contribution in [-0.4, -0.2) is 37.6 Å². The quantitative estimate of drug-likeness (QED) is 0.564. The van der Waals surface area contributed by atoms with E-state index in [1.54, 1.807) is 0 Å². The monoisotopic (exact) mass is 256 g/mol. The first kappa shape index (κ1) is 17.9. The molecule has 1 unspecified atom stereocenters. The van der Waals surface area contributed by atoms with E-state index in [9.17, 15) is 0 Å². The summed E-state index contributed by atoms with van der Waals surface area (Å²) in [6, 6.07) is 0.743. The Morgan fingerprint density at radius 3 is 2.11 bits per heavy atom. The summed E-state index contributed by atoms with van der Waals surface area (Å²) < 4.78 is 0. The van der Waals surface area contributed by atoms with Gasteiger partial charge in [0.25, 0.3) is 0 Å². The molecule has 0 aliphatic heterocycles. The zero-order valence-electron chi connectivity index (χ0n) is 13.7. The van der Waals surface area contributed by atoms with E-state index in [0.717, 1.165) is 19.1 Å². The Hall–Kier alpha value is -0.0800. The van der Waals surface area contributed by atoms with E-state index in [-0.39, 0.29) is 0 Å². The van der Waals surface area contributed by atoms with Gasteiger partial charge in [-0.15, -0.1) is 0 Å². The van der Waals surface area contributed by atoms with Gasteiger partial charge in [0.15, 0.2) is 0 Å². The minimum atomic E-state index is 0.418. The van der Waals surface area contributed by atoms with Crippen LogP contribution in [0.1, 0.15) is 66.7 Å². The minimum absolute atomic E-state index is 0.418. The Kier molecular flexibility index (Phi) is 9.76. The maximum atomic E-state index is 3.61. The second-order valence-corrected chi connectivity index (χ2v) is 6.12. The zero-order valence-corrected chi connectivity index (χ0v) is 13.7. The molecule has 1 atom stereocenters. The van der Waals surface area contributed by atoms with E-state index in [4.69, 9.17) is 0 Å². The summed E-state index contributed by atoms with van der Waals surface area (Å²) >= 11 is 0. The van der Waals surface area contributed by atoms with Crippen molar-refractivity contribution in [1.29, 1.82) is 0 Å². The van der Waals surface area contributed by atoms with E-state index in [2.05, 4.69) is 51.9 Å². The zero-order chi connectivity index (χ0) is 14.0. The molecule has 0 radical (unpaired) electrons. The maximum Gasteiger partial charge on any atom is 0.00872 e. The van der Waals surface area contributed by atoms with Gasteiger partial charge in [-0.2, -0.15) is 0 Å². The summed E-state index contributed by atoms with van der Waals surface area (Å²) in [5.41, 5.74) is 0.418. The Labute approximate surface area is 116 Å². The minimum Gasteiger partial charge on any atom is -0.316 e. The van der Waals surface area contributed by atoms with Crippen molar-refractivity contribution in [3.63, 3.8) is 0 Å².